The highest BCUT2D eigenvalue weighted by molar-refractivity contribution is 5.98. The summed E-state index contributed by atoms with van der Waals surface area (Å²) >= 11 is 0. The van der Waals surface area contributed by atoms with Crippen LogP contribution in [0.5, 0.6) is 0 Å². The second kappa shape index (κ2) is 6.98. The fourth-order valence-electron chi connectivity index (χ4n) is 3.26. The Hall–Kier alpha value is -2.44. The number of rotatable bonds is 4. The van der Waals surface area contributed by atoms with Gasteiger partial charge in [0.15, 0.2) is 0 Å². The number of amides is 1. The first-order valence-corrected chi connectivity index (χ1v) is 8.41. The molecule has 0 spiro atoms. The largest absolute Gasteiger partial charge is 0.362 e. The molecule has 3 rings (SSSR count). The predicted molar refractivity (Wildman–Crippen MR) is 92.1 cm³/mol. The molecule has 1 amide bonds. The molecule has 128 valence electrons. The van der Waals surface area contributed by atoms with Crippen LogP contribution in [-0.2, 0) is 6.54 Å². The van der Waals surface area contributed by atoms with Crippen LogP contribution in [0.15, 0.2) is 24.7 Å². The van der Waals surface area contributed by atoms with Crippen molar-refractivity contribution < 1.29 is 4.79 Å². The van der Waals surface area contributed by atoms with Gasteiger partial charge in [-0.1, -0.05) is 0 Å². The predicted octanol–water partition coefficient (Wildman–Crippen LogP) is 1.78. The van der Waals surface area contributed by atoms with E-state index in [2.05, 4.69) is 26.7 Å². The minimum absolute atomic E-state index is 0.0576. The van der Waals surface area contributed by atoms with Crippen molar-refractivity contribution in [3.63, 3.8) is 0 Å². The van der Waals surface area contributed by atoms with Gasteiger partial charge in [0, 0.05) is 45.8 Å². The highest BCUT2D eigenvalue weighted by Crippen LogP contribution is 2.28. The highest BCUT2D eigenvalue weighted by atomic mass is 16.2. The zero-order chi connectivity index (χ0) is 17.1. The van der Waals surface area contributed by atoms with Gasteiger partial charge < -0.3 is 14.4 Å². The number of hydrogen-bond acceptors (Lipinski definition) is 5. The number of carbonyl (C=O) groups is 1. The van der Waals surface area contributed by atoms with Crippen molar-refractivity contribution in [1.82, 2.24) is 24.6 Å². The van der Waals surface area contributed by atoms with Gasteiger partial charge in [0.1, 0.15) is 18.0 Å². The number of aromatic nitrogens is 4. The van der Waals surface area contributed by atoms with Crippen molar-refractivity contribution in [3.8, 4) is 0 Å². The molecular weight excluding hydrogens is 304 g/mol. The zero-order valence-electron chi connectivity index (χ0n) is 14.5. The summed E-state index contributed by atoms with van der Waals surface area (Å²) < 4.78 is 2.09. The van der Waals surface area contributed by atoms with Crippen molar-refractivity contribution >= 4 is 11.7 Å². The Bertz CT molecular complexity index is 703. The maximum atomic E-state index is 12.9. The number of hydrogen-bond donors (Lipinski definition) is 0. The van der Waals surface area contributed by atoms with Crippen molar-refractivity contribution in [2.24, 2.45) is 0 Å². The third kappa shape index (κ3) is 3.11. The van der Waals surface area contributed by atoms with E-state index in [9.17, 15) is 4.79 Å². The molecule has 1 saturated heterocycles. The van der Waals surface area contributed by atoms with Crippen LogP contribution in [0.1, 0.15) is 41.9 Å². The van der Waals surface area contributed by atoms with Gasteiger partial charge in [0.05, 0.1) is 5.56 Å². The lowest BCUT2D eigenvalue weighted by Crippen LogP contribution is -2.39. The molecule has 3 heterocycles. The molecule has 1 aliphatic rings. The molecule has 2 aromatic rings. The number of piperidine rings is 1. The van der Waals surface area contributed by atoms with Crippen LogP contribution in [0.25, 0.3) is 0 Å². The molecule has 0 unspecified atom stereocenters. The van der Waals surface area contributed by atoms with Crippen molar-refractivity contribution in [2.45, 2.75) is 32.2 Å². The van der Waals surface area contributed by atoms with Crippen molar-refractivity contribution in [1.29, 1.82) is 0 Å². The summed E-state index contributed by atoms with van der Waals surface area (Å²) in [5, 5.41) is 8.29. The molecule has 2 aromatic heterocycles. The first kappa shape index (κ1) is 16.4. The lowest BCUT2D eigenvalue weighted by molar-refractivity contribution is 0.0710. The number of pyridine rings is 1. The van der Waals surface area contributed by atoms with Gasteiger partial charge in [0.25, 0.3) is 5.91 Å². The Balaban J connectivity index is 1.70. The number of carbonyl (C=O) groups excluding carboxylic acids is 1. The molecule has 0 bridgehead atoms. The third-order valence-electron chi connectivity index (χ3n) is 4.57. The minimum Gasteiger partial charge on any atom is -0.362 e. The van der Waals surface area contributed by atoms with Gasteiger partial charge in [0.2, 0.25) is 0 Å². The molecule has 1 fully saturated rings. The first-order chi connectivity index (χ1) is 11.6. The fraction of sp³-hybridized carbons (Fsp3) is 0.529. The molecule has 0 atom stereocenters. The third-order valence-corrected chi connectivity index (χ3v) is 4.57. The average molecular weight is 328 g/mol. The van der Waals surface area contributed by atoms with Crippen LogP contribution in [0.2, 0.25) is 0 Å². The van der Waals surface area contributed by atoms with E-state index in [1.54, 1.807) is 12.5 Å². The van der Waals surface area contributed by atoms with E-state index in [-0.39, 0.29) is 5.91 Å². The minimum atomic E-state index is 0.0576. The molecule has 0 saturated carbocycles. The van der Waals surface area contributed by atoms with E-state index < -0.39 is 0 Å². The monoisotopic (exact) mass is 328 g/mol. The maximum absolute atomic E-state index is 12.9. The Morgan fingerprint density at radius 3 is 2.75 bits per heavy atom. The summed E-state index contributed by atoms with van der Waals surface area (Å²) in [5.74, 6) is 2.19. The molecular formula is C17H24N6O. The lowest BCUT2D eigenvalue weighted by Gasteiger charge is -2.32. The second-order valence-corrected chi connectivity index (χ2v) is 6.31. The van der Waals surface area contributed by atoms with Gasteiger partial charge >= 0.3 is 0 Å². The second-order valence-electron chi connectivity index (χ2n) is 6.31. The number of anilines is 1. The molecule has 24 heavy (non-hydrogen) atoms. The molecule has 1 aliphatic heterocycles. The summed E-state index contributed by atoms with van der Waals surface area (Å²) in [6, 6.07) is 3.67. The Labute approximate surface area is 142 Å². The summed E-state index contributed by atoms with van der Waals surface area (Å²) in [4.78, 5) is 21.0. The SMILES string of the molecule is CCn1cnnc1C1CCN(C(=O)c2cccnc2N(C)C)CC1. The van der Waals surface area contributed by atoms with Gasteiger partial charge in [-0.25, -0.2) is 4.98 Å². The smallest absolute Gasteiger partial charge is 0.257 e. The molecule has 0 aliphatic carbocycles. The van der Waals surface area contributed by atoms with E-state index in [4.69, 9.17) is 0 Å². The number of aryl methyl sites for hydroxylation is 1. The number of likely N-dealkylation sites (tertiary alicyclic amines) is 1. The molecule has 0 aromatic carbocycles. The van der Waals surface area contributed by atoms with Crippen LogP contribution in [0.3, 0.4) is 0 Å². The number of nitrogens with zero attached hydrogens (tertiary/aromatic N) is 6. The van der Waals surface area contributed by atoms with E-state index >= 15 is 0 Å². The van der Waals surface area contributed by atoms with E-state index in [1.807, 2.05) is 36.0 Å². The van der Waals surface area contributed by atoms with Crippen LogP contribution in [0, 0.1) is 0 Å². The lowest BCUT2D eigenvalue weighted by atomic mass is 9.95. The van der Waals surface area contributed by atoms with Crippen LogP contribution < -0.4 is 4.90 Å². The standard InChI is InChI=1S/C17H24N6O/c1-4-22-12-19-20-15(22)13-7-10-23(11-8-13)17(24)14-6-5-9-18-16(14)21(2)3/h5-6,9,12-13H,4,7-8,10-11H2,1-3H3. The Morgan fingerprint density at radius 2 is 2.08 bits per heavy atom. The van der Waals surface area contributed by atoms with Gasteiger partial charge in [-0.3, -0.25) is 4.79 Å². The van der Waals surface area contributed by atoms with Crippen LogP contribution in [-0.4, -0.2) is 57.7 Å². The van der Waals surface area contributed by atoms with Crippen LogP contribution in [0.4, 0.5) is 5.82 Å². The quantitative estimate of drug-likeness (QED) is 0.856. The van der Waals surface area contributed by atoms with Crippen molar-refractivity contribution in [3.05, 3.63) is 36.0 Å². The van der Waals surface area contributed by atoms with Crippen LogP contribution >= 0.6 is 0 Å². The van der Waals surface area contributed by atoms with E-state index in [0.717, 1.165) is 44.1 Å². The molecule has 0 N–H and O–H groups in total. The molecule has 7 heteroatoms. The molecule has 0 radical (unpaired) electrons. The molecule has 7 nitrogen and oxygen atoms in total. The summed E-state index contributed by atoms with van der Waals surface area (Å²) in [7, 11) is 3.81. The fourth-order valence-corrected chi connectivity index (χ4v) is 3.26. The zero-order valence-corrected chi connectivity index (χ0v) is 14.5. The Morgan fingerprint density at radius 1 is 1.33 bits per heavy atom. The highest BCUT2D eigenvalue weighted by Gasteiger charge is 2.28. The summed E-state index contributed by atoms with van der Waals surface area (Å²) in [6.45, 7) is 4.45. The van der Waals surface area contributed by atoms with Gasteiger partial charge in [-0.15, -0.1) is 10.2 Å². The van der Waals surface area contributed by atoms with Gasteiger partial charge in [-0.05, 0) is 31.9 Å². The maximum Gasteiger partial charge on any atom is 0.257 e. The Kier molecular flexibility index (Phi) is 4.78. The normalized spacial score (nSPS) is 15.5. The van der Waals surface area contributed by atoms with Crippen molar-refractivity contribution in [2.75, 3.05) is 32.1 Å². The topological polar surface area (TPSA) is 67.2 Å². The first-order valence-electron chi connectivity index (χ1n) is 8.41. The van der Waals surface area contributed by atoms with E-state index in [1.165, 1.54) is 0 Å². The summed E-state index contributed by atoms with van der Waals surface area (Å²) in [5.41, 5.74) is 0.665. The average Bonchev–Trinajstić information content (AvgIpc) is 3.10. The van der Waals surface area contributed by atoms with Gasteiger partial charge in [-0.2, -0.15) is 0 Å². The summed E-state index contributed by atoms with van der Waals surface area (Å²) in [6.07, 6.45) is 5.34. The van der Waals surface area contributed by atoms with E-state index in [0.29, 0.717) is 11.5 Å².